The SMILES string of the molecule is CC[C@H](C)N(CC(=O)O)C(=O)[C@@H](C)c1ccsc1. The summed E-state index contributed by atoms with van der Waals surface area (Å²) in [5, 5.41) is 12.7. The summed E-state index contributed by atoms with van der Waals surface area (Å²) in [7, 11) is 0. The molecular formula is C13H19NO3S. The van der Waals surface area contributed by atoms with Crippen LogP contribution in [0.1, 0.15) is 38.7 Å². The van der Waals surface area contributed by atoms with E-state index in [4.69, 9.17) is 5.11 Å². The highest BCUT2D eigenvalue weighted by atomic mass is 32.1. The van der Waals surface area contributed by atoms with Gasteiger partial charge in [0.05, 0.1) is 5.92 Å². The molecule has 2 atom stereocenters. The second-order valence-electron chi connectivity index (χ2n) is 4.40. The summed E-state index contributed by atoms with van der Waals surface area (Å²) in [6.45, 7) is 5.41. The molecule has 0 bridgehead atoms. The van der Waals surface area contributed by atoms with E-state index in [1.807, 2.05) is 37.6 Å². The quantitative estimate of drug-likeness (QED) is 0.863. The number of carbonyl (C=O) groups is 2. The molecule has 0 aliphatic heterocycles. The maximum absolute atomic E-state index is 12.3. The topological polar surface area (TPSA) is 57.6 Å². The van der Waals surface area contributed by atoms with Crippen LogP contribution in [0.15, 0.2) is 16.8 Å². The molecule has 1 N–H and O–H groups in total. The zero-order valence-electron chi connectivity index (χ0n) is 10.9. The summed E-state index contributed by atoms with van der Waals surface area (Å²) < 4.78 is 0. The summed E-state index contributed by atoms with van der Waals surface area (Å²) in [5.74, 6) is -1.38. The van der Waals surface area contributed by atoms with Crippen molar-refractivity contribution < 1.29 is 14.7 Å². The van der Waals surface area contributed by atoms with Gasteiger partial charge in [0.15, 0.2) is 0 Å². The molecule has 100 valence electrons. The summed E-state index contributed by atoms with van der Waals surface area (Å²) in [5.41, 5.74) is 0.948. The van der Waals surface area contributed by atoms with Crippen LogP contribution < -0.4 is 0 Å². The Bertz CT molecular complexity index is 402. The summed E-state index contributed by atoms with van der Waals surface area (Å²) in [6, 6.07) is 1.85. The van der Waals surface area contributed by atoms with Gasteiger partial charge in [-0.15, -0.1) is 0 Å². The normalized spacial score (nSPS) is 13.9. The predicted molar refractivity (Wildman–Crippen MR) is 71.8 cm³/mol. The third-order valence-corrected chi connectivity index (χ3v) is 3.83. The lowest BCUT2D eigenvalue weighted by atomic mass is 10.0. The monoisotopic (exact) mass is 269 g/mol. The van der Waals surface area contributed by atoms with Gasteiger partial charge in [0, 0.05) is 6.04 Å². The molecule has 1 aromatic heterocycles. The fourth-order valence-corrected chi connectivity index (χ4v) is 2.48. The fraction of sp³-hybridized carbons (Fsp3) is 0.538. The Morgan fingerprint density at radius 2 is 2.11 bits per heavy atom. The molecular weight excluding hydrogens is 250 g/mol. The Morgan fingerprint density at radius 1 is 1.44 bits per heavy atom. The molecule has 0 aliphatic carbocycles. The second kappa shape index (κ2) is 6.54. The number of amides is 1. The van der Waals surface area contributed by atoms with Crippen molar-refractivity contribution in [2.24, 2.45) is 0 Å². The third kappa shape index (κ3) is 3.57. The molecule has 0 saturated carbocycles. The van der Waals surface area contributed by atoms with Crippen molar-refractivity contribution in [3.05, 3.63) is 22.4 Å². The first-order chi connectivity index (χ1) is 8.47. The van der Waals surface area contributed by atoms with Crippen molar-refractivity contribution in [1.29, 1.82) is 0 Å². The molecule has 0 fully saturated rings. The van der Waals surface area contributed by atoms with Gasteiger partial charge in [0.2, 0.25) is 5.91 Å². The maximum Gasteiger partial charge on any atom is 0.323 e. The number of hydrogen-bond acceptors (Lipinski definition) is 3. The third-order valence-electron chi connectivity index (χ3n) is 3.13. The van der Waals surface area contributed by atoms with Gasteiger partial charge < -0.3 is 10.0 Å². The van der Waals surface area contributed by atoms with E-state index in [1.54, 1.807) is 0 Å². The molecule has 4 nitrogen and oxygen atoms in total. The van der Waals surface area contributed by atoms with Crippen molar-refractivity contribution in [2.75, 3.05) is 6.54 Å². The molecule has 5 heteroatoms. The van der Waals surface area contributed by atoms with Gasteiger partial charge in [-0.25, -0.2) is 0 Å². The average molecular weight is 269 g/mol. The first-order valence-corrected chi connectivity index (χ1v) is 6.96. The molecule has 0 saturated heterocycles. The standard InChI is InChI=1S/C13H19NO3S/c1-4-9(2)14(7-12(15)16)13(17)10(3)11-5-6-18-8-11/h5-6,8-10H,4,7H2,1-3H3,(H,15,16)/t9-,10-/m0/s1. The van der Waals surface area contributed by atoms with Crippen molar-refractivity contribution in [2.45, 2.75) is 39.2 Å². The van der Waals surface area contributed by atoms with E-state index in [1.165, 1.54) is 16.2 Å². The average Bonchev–Trinajstić information content (AvgIpc) is 2.86. The van der Waals surface area contributed by atoms with Crippen LogP contribution >= 0.6 is 11.3 Å². The van der Waals surface area contributed by atoms with Crippen LogP contribution in [0.25, 0.3) is 0 Å². The number of rotatable bonds is 6. The van der Waals surface area contributed by atoms with Crippen LogP contribution in [-0.4, -0.2) is 34.5 Å². The zero-order valence-corrected chi connectivity index (χ0v) is 11.7. The second-order valence-corrected chi connectivity index (χ2v) is 5.18. The van der Waals surface area contributed by atoms with Crippen molar-refractivity contribution in [3.63, 3.8) is 0 Å². The molecule has 1 rings (SSSR count). The summed E-state index contributed by atoms with van der Waals surface area (Å²) >= 11 is 1.54. The van der Waals surface area contributed by atoms with Gasteiger partial charge in [-0.1, -0.05) is 6.92 Å². The Morgan fingerprint density at radius 3 is 2.56 bits per heavy atom. The highest BCUT2D eigenvalue weighted by Gasteiger charge is 2.26. The highest BCUT2D eigenvalue weighted by molar-refractivity contribution is 7.08. The van der Waals surface area contributed by atoms with Crippen LogP contribution in [0.3, 0.4) is 0 Å². The summed E-state index contributed by atoms with van der Waals surface area (Å²) in [6.07, 6.45) is 0.745. The number of hydrogen-bond donors (Lipinski definition) is 1. The van der Waals surface area contributed by atoms with Crippen molar-refractivity contribution in [3.8, 4) is 0 Å². The minimum atomic E-state index is -0.971. The molecule has 0 aliphatic rings. The van der Waals surface area contributed by atoms with Crippen LogP contribution in [0, 0.1) is 0 Å². The number of nitrogens with zero attached hydrogens (tertiary/aromatic N) is 1. The first kappa shape index (κ1) is 14.7. The lowest BCUT2D eigenvalue weighted by Gasteiger charge is -2.29. The highest BCUT2D eigenvalue weighted by Crippen LogP contribution is 2.22. The molecule has 1 aromatic rings. The molecule has 18 heavy (non-hydrogen) atoms. The van der Waals surface area contributed by atoms with Crippen LogP contribution in [0.4, 0.5) is 0 Å². The number of carboxylic acids is 1. The molecule has 1 amide bonds. The largest absolute Gasteiger partial charge is 0.480 e. The van der Waals surface area contributed by atoms with E-state index in [9.17, 15) is 9.59 Å². The molecule has 0 spiro atoms. The Balaban J connectivity index is 2.84. The number of carbonyl (C=O) groups excluding carboxylic acids is 1. The van der Waals surface area contributed by atoms with E-state index in [-0.39, 0.29) is 24.4 Å². The van der Waals surface area contributed by atoms with E-state index in [0.717, 1.165) is 12.0 Å². The van der Waals surface area contributed by atoms with Crippen LogP contribution in [0.5, 0.6) is 0 Å². The smallest absolute Gasteiger partial charge is 0.323 e. The van der Waals surface area contributed by atoms with E-state index >= 15 is 0 Å². The van der Waals surface area contributed by atoms with Crippen molar-refractivity contribution in [1.82, 2.24) is 4.90 Å². The van der Waals surface area contributed by atoms with Crippen molar-refractivity contribution >= 4 is 23.2 Å². The van der Waals surface area contributed by atoms with Gasteiger partial charge in [-0.2, -0.15) is 11.3 Å². The number of aliphatic carboxylic acids is 1. The Hall–Kier alpha value is -1.36. The minimum absolute atomic E-state index is 0.0605. The van der Waals surface area contributed by atoms with E-state index in [0.29, 0.717) is 0 Å². The van der Waals surface area contributed by atoms with Crippen LogP contribution in [0.2, 0.25) is 0 Å². The summed E-state index contributed by atoms with van der Waals surface area (Å²) in [4.78, 5) is 24.6. The Kier molecular flexibility index (Phi) is 5.34. The molecule has 0 aromatic carbocycles. The van der Waals surface area contributed by atoms with Crippen LogP contribution in [-0.2, 0) is 9.59 Å². The zero-order chi connectivity index (χ0) is 13.7. The van der Waals surface area contributed by atoms with Gasteiger partial charge in [0.1, 0.15) is 6.54 Å². The maximum atomic E-state index is 12.3. The van der Waals surface area contributed by atoms with E-state index < -0.39 is 5.97 Å². The lowest BCUT2D eigenvalue weighted by molar-refractivity contribution is -0.146. The van der Waals surface area contributed by atoms with Gasteiger partial charge >= 0.3 is 5.97 Å². The molecule has 0 radical (unpaired) electrons. The van der Waals surface area contributed by atoms with Gasteiger partial charge in [0.25, 0.3) is 0 Å². The number of thiophene rings is 1. The molecule has 0 unspecified atom stereocenters. The first-order valence-electron chi connectivity index (χ1n) is 6.01. The Labute approximate surface area is 111 Å². The van der Waals surface area contributed by atoms with E-state index in [2.05, 4.69) is 0 Å². The lowest BCUT2D eigenvalue weighted by Crippen LogP contribution is -2.43. The number of carboxylic acid groups (broad SMARTS) is 1. The fourth-order valence-electron chi connectivity index (χ4n) is 1.73. The molecule has 1 heterocycles. The minimum Gasteiger partial charge on any atom is -0.480 e. The van der Waals surface area contributed by atoms with Gasteiger partial charge in [-0.3, -0.25) is 9.59 Å². The van der Waals surface area contributed by atoms with Gasteiger partial charge in [-0.05, 0) is 42.7 Å². The predicted octanol–water partition coefficient (Wildman–Crippen LogP) is 2.56.